The van der Waals surface area contributed by atoms with E-state index in [4.69, 9.17) is 0 Å². The Hall–Kier alpha value is -0.590. The number of carbonyl (C=O) groups excluding carboxylic acids is 1. The van der Waals surface area contributed by atoms with Crippen molar-refractivity contribution in [1.82, 2.24) is 0 Å². The molecule has 0 saturated heterocycles. The summed E-state index contributed by atoms with van der Waals surface area (Å²) < 4.78 is 0. The predicted octanol–water partition coefficient (Wildman–Crippen LogP) is 3.74. The highest BCUT2D eigenvalue weighted by Gasteiger charge is 2.07. The van der Waals surface area contributed by atoms with Gasteiger partial charge in [-0.15, -0.1) is 0 Å². The van der Waals surface area contributed by atoms with E-state index in [-0.39, 0.29) is 0 Å². The molecule has 0 bridgehead atoms. The summed E-state index contributed by atoms with van der Waals surface area (Å²) >= 11 is 0. The smallest absolute Gasteiger partial charge is 0.133 e. The number of carbonyl (C=O) groups is 1. The van der Waals surface area contributed by atoms with Crippen LogP contribution in [0.1, 0.15) is 52.9 Å². The van der Waals surface area contributed by atoms with E-state index in [0.717, 1.165) is 32.1 Å². The molecular weight excluding hydrogens is 160 g/mol. The molecule has 0 aromatic rings. The van der Waals surface area contributed by atoms with Crippen molar-refractivity contribution in [3.63, 3.8) is 0 Å². The van der Waals surface area contributed by atoms with Crippen molar-refractivity contribution >= 4 is 5.78 Å². The van der Waals surface area contributed by atoms with Gasteiger partial charge in [0, 0.05) is 12.8 Å². The van der Waals surface area contributed by atoms with Gasteiger partial charge in [0.2, 0.25) is 0 Å². The van der Waals surface area contributed by atoms with Gasteiger partial charge in [-0.25, -0.2) is 0 Å². The molecule has 0 aliphatic rings. The monoisotopic (exact) mass is 182 g/mol. The number of rotatable bonds is 7. The fourth-order valence-corrected chi connectivity index (χ4v) is 1.39. The Morgan fingerprint density at radius 3 is 2.54 bits per heavy atom. The number of hydrogen-bond donors (Lipinski definition) is 0. The van der Waals surface area contributed by atoms with E-state index in [9.17, 15) is 4.79 Å². The molecule has 0 saturated carbocycles. The number of allylic oxidation sites excluding steroid dienone is 2. The normalized spacial score (nSPS) is 13.5. The van der Waals surface area contributed by atoms with Crippen LogP contribution in [-0.2, 0) is 4.79 Å². The Labute approximate surface area is 82.2 Å². The molecule has 1 unspecified atom stereocenters. The molecule has 0 heterocycles. The third-order valence-electron chi connectivity index (χ3n) is 2.29. The van der Waals surface area contributed by atoms with Gasteiger partial charge in [-0.1, -0.05) is 32.4 Å². The zero-order valence-corrected chi connectivity index (χ0v) is 9.18. The largest absolute Gasteiger partial charge is 0.300 e. The summed E-state index contributed by atoms with van der Waals surface area (Å²) in [7, 11) is 0. The zero-order chi connectivity index (χ0) is 10.1. The summed E-state index contributed by atoms with van der Waals surface area (Å²) in [6, 6.07) is 0. The van der Waals surface area contributed by atoms with Crippen molar-refractivity contribution in [3.05, 3.63) is 12.2 Å². The summed E-state index contributed by atoms with van der Waals surface area (Å²) in [6.07, 6.45) is 8.93. The van der Waals surface area contributed by atoms with Crippen molar-refractivity contribution in [1.29, 1.82) is 0 Å². The highest BCUT2D eigenvalue weighted by atomic mass is 16.1. The minimum atomic E-state index is 0.423. The topological polar surface area (TPSA) is 17.1 Å². The van der Waals surface area contributed by atoms with Gasteiger partial charge in [-0.05, 0) is 25.7 Å². The lowest BCUT2D eigenvalue weighted by molar-refractivity contribution is -0.119. The quantitative estimate of drug-likeness (QED) is 0.548. The van der Waals surface area contributed by atoms with Gasteiger partial charge in [-0.3, -0.25) is 4.79 Å². The molecule has 1 atom stereocenters. The first-order valence-electron chi connectivity index (χ1n) is 5.39. The van der Waals surface area contributed by atoms with E-state index in [1.54, 1.807) is 0 Å². The lowest BCUT2D eigenvalue weighted by Gasteiger charge is -2.07. The molecule has 0 fully saturated rings. The van der Waals surface area contributed by atoms with Crippen LogP contribution in [0.4, 0.5) is 0 Å². The Morgan fingerprint density at radius 2 is 2.08 bits per heavy atom. The molecule has 0 spiro atoms. The minimum Gasteiger partial charge on any atom is -0.300 e. The fourth-order valence-electron chi connectivity index (χ4n) is 1.39. The second-order valence-corrected chi connectivity index (χ2v) is 3.54. The molecular formula is C12H22O. The van der Waals surface area contributed by atoms with Crippen LogP contribution >= 0.6 is 0 Å². The van der Waals surface area contributed by atoms with E-state index < -0.39 is 0 Å². The lowest BCUT2D eigenvalue weighted by atomic mass is 9.97. The summed E-state index contributed by atoms with van der Waals surface area (Å²) in [5, 5.41) is 0. The van der Waals surface area contributed by atoms with Crippen LogP contribution in [0.2, 0.25) is 0 Å². The van der Waals surface area contributed by atoms with Crippen molar-refractivity contribution in [2.24, 2.45) is 5.92 Å². The van der Waals surface area contributed by atoms with Gasteiger partial charge in [0.05, 0.1) is 0 Å². The Kier molecular flexibility index (Phi) is 7.66. The van der Waals surface area contributed by atoms with E-state index in [1.165, 1.54) is 0 Å². The van der Waals surface area contributed by atoms with Gasteiger partial charge in [0.15, 0.2) is 0 Å². The third kappa shape index (κ3) is 6.56. The van der Waals surface area contributed by atoms with Crippen LogP contribution < -0.4 is 0 Å². The van der Waals surface area contributed by atoms with Crippen LogP contribution in [0.15, 0.2) is 12.2 Å². The molecule has 0 rings (SSSR count). The highest BCUT2D eigenvalue weighted by Crippen LogP contribution is 2.12. The van der Waals surface area contributed by atoms with Gasteiger partial charge < -0.3 is 0 Å². The van der Waals surface area contributed by atoms with Crippen molar-refractivity contribution in [2.45, 2.75) is 52.9 Å². The van der Waals surface area contributed by atoms with E-state index in [0.29, 0.717) is 11.7 Å². The molecule has 0 aliphatic carbocycles. The maximum Gasteiger partial charge on any atom is 0.133 e. The van der Waals surface area contributed by atoms with E-state index in [2.05, 4.69) is 19.9 Å². The molecule has 0 radical (unpaired) electrons. The average molecular weight is 182 g/mol. The molecule has 0 N–H and O–H groups in total. The van der Waals surface area contributed by atoms with Crippen molar-refractivity contribution in [2.75, 3.05) is 0 Å². The molecule has 0 aromatic carbocycles. The molecule has 13 heavy (non-hydrogen) atoms. The molecule has 76 valence electrons. The Balaban J connectivity index is 3.73. The van der Waals surface area contributed by atoms with Crippen molar-refractivity contribution in [3.8, 4) is 0 Å². The lowest BCUT2D eigenvalue weighted by Crippen LogP contribution is -2.05. The van der Waals surface area contributed by atoms with Crippen molar-refractivity contribution < 1.29 is 4.79 Å². The van der Waals surface area contributed by atoms with Gasteiger partial charge in [0.25, 0.3) is 0 Å². The minimum absolute atomic E-state index is 0.423. The van der Waals surface area contributed by atoms with Crippen LogP contribution in [-0.4, -0.2) is 5.78 Å². The molecule has 0 amide bonds. The van der Waals surface area contributed by atoms with Gasteiger partial charge >= 0.3 is 0 Å². The summed E-state index contributed by atoms with van der Waals surface area (Å²) in [5.41, 5.74) is 0. The van der Waals surface area contributed by atoms with Crippen LogP contribution in [0.25, 0.3) is 0 Å². The first-order valence-corrected chi connectivity index (χ1v) is 5.39. The Morgan fingerprint density at radius 1 is 1.38 bits per heavy atom. The van der Waals surface area contributed by atoms with E-state index >= 15 is 0 Å². The zero-order valence-electron chi connectivity index (χ0n) is 9.18. The predicted molar refractivity (Wildman–Crippen MR) is 57.7 cm³/mol. The number of hydrogen-bond acceptors (Lipinski definition) is 1. The molecule has 1 heteroatoms. The van der Waals surface area contributed by atoms with E-state index in [1.807, 2.05) is 13.0 Å². The SMILES string of the molecule is C/C=C/C(CC)CC(=O)CCCC. The fraction of sp³-hybridized carbons (Fsp3) is 0.750. The summed E-state index contributed by atoms with van der Waals surface area (Å²) in [5.74, 6) is 0.890. The molecule has 0 aliphatic heterocycles. The molecule has 0 aromatic heterocycles. The first-order chi connectivity index (χ1) is 6.24. The second kappa shape index (κ2) is 8.03. The second-order valence-electron chi connectivity index (χ2n) is 3.54. The number of unbranched alkanes of at least 4 members (excludes halogenated alkanes) is 1. The van der Waals surface area contributed by atoms with Crippen LogP contribution in [0.3, 0.4) is 0 Å². The number of Topliss-reactive ketones (excluding diaryl/α,β-unsaturated/α-hetero) is 1. The standard InChI is InChI=1S/C12H22O/c1-4-7-9-12(13)10-11(6-3)8-5-2/h5,8,11H,4,6-7,9-10H2,1-3H3/b8-5+. The summed E-state index contributed by atoms with van der Waals surface area (Å²) in [4.78, 5) is 11.4. The third-order valence-corrected chi connectivity index (χ3v) is 2.29. The first kappa shape index (κ1) is 12.4. The maximum absolute atomic E-state index is 11.4. The maximum atomic E-state index is 11.4. The van der Waals surface area contributed by atoms with Crippen LogP contribution in [0.5, 0.6) is 0 Å². The highest BCUT2D eigenvalue weighted by molar-refractivity contribution is 5.78. The Bertz CT molecular complexity index is 159. The van der Waals surface area contributed by atoms with Crippen LogP contribution in [0, 0.1) is 5.92 Å². The van der Waals surface area contributed by atoms with Gasteiger partial charge in [-0.2, -0.15) is 0 Å². The number of ketones is 1. The van der Waals surface area contributed by atoms with Gasteiger partial charge in [0.1, 0.15) is 5.78 Å². The average Bonchev–Trinajstić information content (AvgIpc) is 2.14. The summed E-state index contributed by atoms with van der Waals surface area (Å²) in [6.45, 7) is 6.27. The molecule has 1 nitrogen and oxygen atoms in total.